The average molecular weight is 437 g/mol. The Bertz CT molecular complexity index is 977. The zero-order chi connectivity index (χ0) is 21.0. The maximum atomic E-state index is 13.0. The van der Waals surface area contributed by atoms with E-state index in [0.717, 1.165) is 11.1 Å². The van der Waals surface area contributed by atoms with Crippen molar-refractivity contribution in [2.45, 2.75) is 31.2 Å². The van der Waals surface area contributed by atoms with Gasteiger partial charge in [-0.1, -0.05) is 41.4 Å². The molecule has 29 heavy (non-hydrogen) atoms. The molecule has 0 aliphatic carbocycles. The molecule has 1 saturated heterocycles. The number of sulfonamides is 1. The monoisotopic (exact) mass is 436 g/mol. The van der Waals surface area contributed by atoms with Crippen LogP contribution in [0.15, 0.2) is 47.4 Å². The van der Waals surface area contributed by atoms with Gasteiger partial charge >= 0.3 is 0 Å². The first-order chi connectivity index (χ1) is 13.8. The number of hydrogen-bond donors (Lipinski definition) is 1. The summed E-state index contributed by atoms with van der Waals surface area (Å²) < 4.78 is 32.5. The fourth-order valence-electron chi connectivity index (χ4n) is 3.37. The van der Waals surface area contributed by atoms with E-state index in [2.05, 4.69) is 5.32 Å². The Kier molecular flexibility index (Phi) is 6.82. The van der Waals surface area contributed by atoms with Crippen molar-refractivity contribution in [3.05, 3.63) is 58.6 Å². The van der Waals surface area contributed by atoms with Crippen LogP contribution in [0.4, 0.5) is 0 Å². The predicted molar refractivity (Wildman–Crippen MR) is 113 cm³/mol. The second-order valence-corrected chi connectivity index (χ2v) is 9.55. The van der Waals surface area contributed by atoms with Crippen LogP contribution in [-0.4, -0.2) is 38.8 Å². The molecule has 2 aromatic rings. The number of ether oxygens (including phenoxy) is 1. The molecule has 3 rings (SSSR count). The first-order valence-corrected chi connectivity index (χ1v) is 11.3. The summed E-state index contributed by atoms with van der Waals surface area (Å²) in [5.74, 6) is -0.0893. The summed E-state index contributed by atoms with van der Waals surface area (Å²) in [6, 6.07) is 12.3. The highest BCUT2D eigenvalue weighted by Gasteiger charge is 2.33. The summed E-state index contributed by atoms with van der Waals surface area (Å²) in [5.41, 5.74) is 2.17. The molecule has 0 radical (unpaired) electrons. The van der Waals surface area contributed by atoms with Crippen molar-refractivity contribution in [1.29, 1.82) is 0 Å². The van der Waals surface area contributed by atoms with Crippen LogP contribution in [0, 0.1) is 12.8 Å². The van der Waals surface area contributed by atoms with E-state index in [-0.39, 0.29) is 28.3 Å². The second-order valence-electron chi connectivity index (χ2n) is 7.20. The number of piperidine rings is 1. The van der Waals surface area contributed by atoms with Crippen molar-refractivity contribution >= 4 is 27.5 Å². The molecule has 1 N–H and O–H groups in total. The van der Waals surface area contributed by atoms with Crippen LogP contribution in [-0.2, 0) is 21.4 Å². The smallest absolute Gasteiger partial charge is 0.243 e. The van der Waals surface area contributed by atoms with Crippen LogP contribution >= 0.6 is 11.6 Å². The molecule has 8 heteroatoms. The van der Waals surface area contributed by atoms with E-state index >= 15 is 0 Å². The lowest BCUT2D eigenvalue weighted by Crippen LogP contribution is -2.45. The van der Waals surface area contributed by atoms with Crippen LogP contribution in [0.3, 0.4) is 0 Å². The van der Waals surface area contributed by atoms with Crippen molar-refractivity contribution in [3.63, 3.8) is 0 Å². The van der Waals surface area contributed by atoms with Crippen LogP contribution in [0.2, 0.25) is 5.02 Å². The number of carbonyl (C=O) groups is 1. The largest absolute Gasteiger partial charge is 0.495 e. The number of rotatable bonds is 6. The SMILES string of the molecule is COc1ccc(S(=O)(=O)N2CCCC(C(=O)NCc3ccc(C)cc3)C2)cc1Cl. The van der Waals surface area contributed by atoms with Crippen molar-refractivity contribution in [2.24, 2.45) is 5.92 Å². The molecule has 1 aliphatic rings. The summed E-state index contributed by atoms with van der Waals surface area (Å²) >= 11 is 6.09. The summed E-state index contributed by atoms with van der Waals surface area (Å²) in [6.45, 7) is 2.98. The summed E-state index contributed by atoms with van der Waals surface area (Å²) in [7, 11) is -2.26. The third kappa shape index (κ3) is 5.10. The number of nitrogens with zero attached hydrogens (tertiary/aromatic N) is 1. The molecule has 1 aliphatic heterocycles. The molecule has 0 saturated carbocycles. The summed E-state index contributed by atoms with van der Waals surface area (Å²) in [5, 5.41) is 3.16. The standard InChI is InChI=1S/C21H25ClN2O4S/c1-15-5-7-16(8-6-15)13-23-21(25)17-4-3-11-24(14-17)29(26,27)18-9-10-20(28-2)19(22)12-18/h5-10,12,17H,3-4,11,13-14H2,1-2H3,(H,23,25). The summed E-state index contributed by atoms with van der Waals surface area (Å²) in [4.78, 5) is 12.7. The van der Waals surface area contributed by atoms with Gasteiger partial charge in [0.2, 0.25) is 15.9 Å². The quantitative estimate of drug-likeness (QED) is 0.753. The molecule has 156 valence electrons. The third-order valence-corrected chi connectivity index (χ3v) is 7.26. The van der Waals surface area contributed by atoms with Gasteiger partial charge in [-0.05, 0) is 43.5 Å². The van der Waals surface area contributed by atoms with Gasteiger partial charge in [-0.3, -0.25) is 4.79 Å². The molecule has 6 nitrogen and oxygen atoms in total. The lowest BCUT2D eigenvalue weighted by molar-refractivity contribution is -0.126. The minimum absolute atomic E-state index is 0.101. The molecule has 0 aromatic heterocycles. The van der Waals surface area contributed by atoms with E-state index in [0.29, 0.717) is 31.7 Å². The Hall–Kier alpha value is -2.09. The van der Waals surface area contributed by atoms with E-state index in [1.165, 1.54) is 29.6 Å². The van der Waals surface area contributed by atoms with Crippen molar-refractivity contribution < 1.29 is 17.9 Å². The number of benzene rings is 2. The van der Waals surface area contributed by atoms with Crippen molar-refractivity contribution in [3.8, 4) is 5.75 Å². The number of hydrogen-bond acceptors (Lipinski definition) is 4. The van der Waals surface area contributed by atoms with E-state index in [4.69, 9.17) is 16.3 Å². The number of amides is 1. The molecule has 0 spiro atoms. The van der Waals surface area contributed by atoms with Gasteiger partial charge < -0.3 is 10.1 Å². The molecule has 1 heterocycles. The van der Waals surface area contributed by atoms with Crippen molar-refractivity contribution in [1.82, 2.24) is 9.62 Å². The zero-order valence-corrected chi connectivity index (χ0v) is 18.1. The highest BCUT2D eigenvalue weighted by atomic mass is 35.5. The lowest BCUT2D eigenvalue weighted by Gasteiger charge is -2.31. The Morgan fingerprint density at radius 2 is 1.97 bits per heavy atom. The maximum absolute atomic E-state index is 13.0. The van der Waals surface area contributed by atoms with E-state index < -0.39 is 10.0 Å². The number of methoxy groups -OCH3 is 1. The van der Waals surface area contributed by atoms with Gasteiger partial charge in [0.1, 0.15) is 5.75 Å². The number of halogens is 1. The molecular formula is C21H25ClN2O4S. The topological polar surface area (TPSA) is 75.7 Å². The minimum atomic E-state index is -3.73. The van der Waals surface area contributed by atoms with Gasteiger partial charge in [-0.15, -0.1) is 0 Å². The molecule has 2 aromatic carbocycles. The minimum Gasteiger partial charge on any atom is -0.495 e. The Morgan fingerprint density at radius 3 is 2.62 bits per heavy atom. The van der Waals surface area contributed by atoms with Gasteiger partial charge in [0.15, 0.2) is 0 Å². The first-order valence-electron chi connectivity index (χ1n) is 9.48. The lowest BCUT2D eigenvalue weighted by atomic mass is 9.98. The molecule has 1 atom stereocenters. The average Bonchev–Trinajstić information content (AvgIpc) is 2.73. The second kappa shape index (κ2) is 9.15. The Morgan fingerprint density at radius 1 is 1.24 bits per heavy atom. The Labute approximate surface area is 176 Å². The number of nitrogens with one attached hydrogen (secondary N) is 1. The first kappa shape index (κ1) is 21.6. The number of carbonyl (C=O) groups excluding carboxylic acids is 1. The van der Waals surface area contributed by atoms with Crippen LogP contribution < -0.4 is 10.1 Å². The number of aryl methyl sites for hydroxylation is 1. The highest BCUT2D eigenvalue weighted by Crippen LogP contribution is 2.30. The fourth-order valence-corrected chi connectivity index (χ4v) is 5.24. The van der Waals surface area contributed by atoms with Gasteiger partial charge in [0.25, 0.3) is 0 Å². The van der Waals surface area contributed by atoms with Gasteiger partial charge in [-0.2, -0.15) is 4.31 Å². The van der Waals surface area contributed by atoms with E-state index in [1.54, 1.807) is 0 Å². The Balaban J connectivity index is 1.66. The van der Waals surface area contributed by atoms with E-state index in [9.17, 15) is 13.2 Å². The molecule has 1 fully saturated rings. The normalized spacial score (nSPS) is 17.7. The molecule has 0 bridgehead atoms. The third-order valence-electron chi connectivity index (χ3n) is 5.10. The van der Waals surface area contributed by atoms with E-state index in [1.807, 2.05) is 31.2 Å². The van der Waals surface area contributed by atoms with Crippen LogP contribution in [0.5, 0.6) is 5.75 Å². The maximum Gasteiger partial charge on any atom is 0.243 e. The van der Waals surface area contributed by atoms with Gasteiger partial charge in [0, 0.05) is 19.6 Å². The zero-order valence-electron chi connectivity index (χ0n) is 16.5. The predicted octanol–water partition coefficient (Wildman–Crippen LogP) is 3.37. The molecule has 1 unspecified atom stereocenters. The molecular weight excluding hydrogens is 412 g/mol. The van der Waals surface area contributed by atoms with Crippen LogP contribution in [0.1, 0.15) is 24.0 Å². The van der Waals surface area contributed by atoms with Gasteiger partial charge in [0.05, 0.1) is 22.9 Å². The molecule has 1 amide bonds. The summed E-state index contributed by atoms with van der Waals surface area (Å²) in [6.07, 6.45) is 1.29. The van der Waals surface area contributed by atoms with Gasteiger partial charge in [-0.25, -0.2) is 8.42 Å². The fraction of sp³-hybridized carbons (Fsp3) is 0.381. The highest BCUT2D eigenvalue weighted by molar-refractivity contribution is 7.89. The van der Waals surface area contributed by atoms with Crippen LogP contribution in [0.25, 0.3) is 0 Å². The van der Waals surface area contributed by atoms with Crippen molar-refractivity contribution in [2.75, 3.05) is 20.2 Å².